The first-order valence-corrected chi connectivity index (χ1v) is 10.9. The number of aliphatic hydroxyl groups excluding tert-OH is 1. The molecule has 5 rings (SSSR count). The van der Waals surface area contributed by atoms with E-state index in [-0.39, 0.29) is 6.61 Å². The van der Waals surface area contributed by atoms with E-state index in [1.165, 1.54) is 0 Å². The highest BCUT2D eigenvalue weighted by molar-refractivity contribution is 9.10. The Hall–Kier alpha value is -2.74. The lowest BCUT2D eigenvalue weighted by Crippen LogP contribution is -2.32. The summed E-state index contributed by atoms with van der Waals surface area (Å²) >= 11 is 3.59. The van der Waals surface area contributed by atoms with Crippen LogP contribution in [0, 0.1) is 0 Å². The molecule has 2 aromatic heterocycles. The minimum absolute atomic E-state index is 0.143. The van der Waals surface area contributed by atoms with Crippen LogP contribution in [0.4, 0.5) is 0 Å². The summed E-state index contributed by atoms with van der Waals surface area (Å²) in [6.45, 7) is 2.52. The van der Waals surface area contributed by atoms with Gasteiger partial charge in [-0.2, -0.15) is 5.10 Å². The maximum Gasteiger partial charge on any atom is 0.220 e. The van der Waals surface area contributed by atoms with Gasteiger partial charge in [-0.1, -0.05) is 40.2 Å². The molecule has 4 aromatic rings. The van der Waals surface area contributed by atoms with Gasteiger partial charge >= 0.3 is 0 Å². The Labute approximate surface area is 188 Å². The molecule has 2 atom stereocenters. The maximum atomic E-state index is 10.6. The minimum Gasteiger partial charge on any atom is -0.481 e. The molecule has 0 saturated carbocycles. The molecule has 31 heavy (non-hydrogen) atoms. The first kappa shape index (κ1) is 20.2. The van der Waals surface area contributed by atoms with Crippen LogP contribution in [0.25, 0.3) is 22.0 Å². The van der Waals surface area contributed by atoms with Crippen LogP contribution in [0.3, 0.4) is 0 Å². The number of benzene rings is 2. The van der Waals surface area contributed by atoms with E-state index >= 15 is 0 Å². The molecule has 0 saturated heterocycles. The number of pyridine rings is 1. The van der Waals surface area contributed by atoms with Gasteiger partial charge in [-0.25, -0.2) is 4.98 Å². The second kappa shape index (κ2) is 7.75. The van der Waals surface area contributed by atoms with E-state index in [0.717, 1.165) is 37.6 Å². The molecular formula is C24H22BrN3O3. The normalized spacial score (nSPS) is 18.1. The van der Waals surface area contributed by atoms with Crippen molar-refractivity contribution < 1.29 is 14.6 Å². The largest absolute Gasteiger partial charge is 0.481 e. The van der Waals surface area contributed by atoms with Gasteiger partial charge in [-0.05, 0) is 42.3 Å². The van der Waals surface area contributed by atoms with Gasteiger partial charge in [0.25, 0.3) is 0 Å². The molecule has 2 heterocycles. The highest BCUT2D eigenvalue weighted by Gasteiger charge is 2.45. The average Bonchev–Trinajstić information content (AvgIpc) is 3.37. The molecular weight excluding hydrogens is 458 g/mol. The zero-order valence-corrected chi connectivity index (χ0v) is 18.8. The van der Waals surface area contributed by atoms with Crippen molar-refractivity contribution in [3.8, 4) is 17.0 Å². The Morgan fingerprint density at radius 2 is 2.03 bits per heavy atom. The summed E-state index contributed by atoms with van der Waals surface area (Å²) in [5.74, 6) is 0.532. The van der Waals surface area contributed by atoms with Crippen LogP contribution in [0.2, 0.25) is 0 Å². The summed E-state index contributed by atoms with van der Waals surface area (Å²) < 4.78 is 14.9. The lowest BCUT2D eigenvalue weighted by molar-refractivity contribution is -0.0535. The van der Waals surface area contributed by atoms with Gasteiger partial charge < -0.3 is 14.6 Å². The van der Waals surface area contributed by atoms with E-state index in [0.29, 0.717) is 12.4 Å². The Kier molecular flexibility index (Phi) is 5.04. The predicted octanol–water partition coefficient (Wildman–Crippen LogP) is 4.52. The van der Waals surface area contributed by atoms with Gasteiger partial charge in [-0.3, -0.25) is 4.68 Å². The molecule has 1 aliphatic carbocycles. The SMILES string of the molecule is COc1nc2ccc(Br)cc2c2c1C(C)(OCC(O)Cn1cccn1)c1ccccc1-2. The smallest absolute Gasteiger partial charge is 0.220 e. The van der Waals surface area contributed by atoms with Crippen LogP contribution in [0.5, 0.6) is 5.88 Å². The molecule has 0 aliphatic heterocycles. The molecule has 2 unspecified atom stereocenters. The van der Waals surface area contributed by atoms with E-state index < -0.39 is 11.7 Å². The third-order valence-corrected chi connectivity index (χ3v) is 6.31. The van der Waals surface area contributed by atoms with Crippen molar-refractivity contribution >= 4 is 26.8 Å². The number of hydrogen-bond donors (Lipinski definition) is 1. The molecule has 158 valence electrons. The van der Waals surface area contributed by atoms with Crippen LogP contribution in [-0.2, 0) is 16.9 Å². The van der Waals surface area contributed by atoms with Crippen LogP contribution < -0.4 is 4.74 Å². The number of aliphatic hydroxyl groups is 1. The zero-order chi connectivity index (χ0) is 21.6. The van der Waals surface area contributed by atoms with Crippen molar-refractivity contribution in [2.24, 2.45) is 0 Å². The number of aromatic nitrogens is 3. The van der Waals surface area contributed by atoms with Gasteiger partial charge in [0.1, 0.15) is 5.60 Å². The summed E-state index contributed by atoms with van der Waals surface area (Å²) in [6.07, 6.45) is 2.81. The molecule has 0 spiro atoms. The summed E-state index contributed by atoms with van der Waals surface area (Å²) in [5, 5.41) is 15.8. The van der Waals surface area contributed by atoms with Crippen LogP contribution in [0.15, 0.2) is 65.4 Å². The Bertz CT molecular complexity index is 1260. The van der Waals surface area contributed by atoms with Gasteiger partial charge in [0.05, 0.1) is 37.4 Å². The van der Waals surface area contributed by atoms with Crippen LogP contribution in [0.1, 0.15) is 18.1 Å². The van der Waals surface area contributed by atoms with E-state index in [1.807, 2.05) is 43.5 Å². The molecule has 0 amide bonds. The Balaban J connectivity index is 1.62. The first-order valence-electron chi connectivity index (χ1n) is 10.1. The molecule has 1 N–H and O–H groups in total. The molecule has 0 bridgehead atoms. The van der Waals surface area contributed by atoms with Crippen LogP contribution in [-0.4, -0.2) is 39.7 Å². The molecule has 0 fully saturated rings. The third-order valence-electron chi connectivity index (χ3n) is 5.82. The molecule has 1 aliphatic rings. The van der Waals surface area contributed by atoms with E-state index in [9.17, 15) is 5.11 Å². The van der Waals surface area contributed by atoms with Gasteiger partial charge in [0.2, 0.25) is 5.88 Å². The molecule has 0 radical (unpaired) electrons. The van der Waals surface area contributed by atoms with Gasteiger partial charge in [0.15, 0.2) is 0 Å². The van der Waals surface area contributed by atoms with Crippen molar-refractivity contribution in [1.29, 1.82) is 0 Å². The van der Waals surface area contributed by atoms with Crippen molar-refractivity contribution in [2.45, 2.75) is 25.2 Å². The van der Waals surface area contributed by atoms with E-state index in [1.54, 1.807) is 18.0 Å². The second-order valence-corrected chi connectivity index (χ2v) is 8.72. The molecule has 2 aromatic carbocycles. The summed E-state index contributed by atoms with van der Waals surface area (Å²) in [5.41, 5.74) is 4.10. The summed E-state index contributed by atoms with van der Waals surface area (Å²) in [6, 6.07) is 16.1. The number of halogens is 1. The lowest BCUT2D eigenvalue weighted by atomic mass is 9.93. The zero-order valence-electron chi connectivity index (χ0n) is 17.2. The number of ether oxygens (including phenoxy) is 2. The first-order chi connectivity index (χ1) is 15.0. The van der Waals surface area contributed by atoms with Crippen molar-refractivity contribution in [1.82, 2.24) is 14.8 Å². The lowest BCUT2D eigenvalue weighted by Gasteiger charge is -2.30. The average molecular weight is 480 g/mol. The fraction of sp³-hybridized carbons (Fsp3) is 0.250. The van der Waals surface area contributed by atoms with E-state index in [2.05, 4.69) is 39.2 Å². The maximum absolute atomic E-state index is 10.6. The summed E-state index contributed by atoms with van der Waals surface area (Å²) in [4.78, 5) is 4.77. The van der Waals surface area contributed by atoms with Crippen LogP contribution >= 0.6 is 15.9 Å². The Morgan fingerprint density at radius 3 is 2.81 bits per heavy atom. The Morgan fingerprint density at radius 1 is 1.19 bits per heavy atom. The van der Waals surface area contributed by atoms with Gasteiger partial charge in [0, 0.05) is 27.8 Å². The quantitative estimate of drug-likeness (QED) is 0.440. The number of fused-ring (bicyclic) bond motifs is 5. The van der Waals surface area contributed by atoms with Crippen molar-refractivity contribution in [2.75, 3.05) is 13.7 Å². The fourth-order valence-electron chi connectivity index (χ4n) is 4.42. The third kappa shape index (κ3) is 3.33. The fourth-order valence-corrected chi connectivity index (χ4v) is 4.79. The van der Waals surface area contributed by atoms with Crippen molar-refractivity contribution in [3.05, 3.63) is 76.5 Å². The predicted molar refractivity (Wildman–Crippen MR) is 122 cm³/mol. The van der Waals surface area contributed by atoms with E-state index in [4.69, 9.17) is 14.5 Å². The highest BCUT2D eigenvalue weighted by atomic mass is 79.9. The number of methoxy groups -OCH3 is 1. The monoisotopic (exact) mass is 479 g/mol. The standard InChI is InChI=1S/C24H22BrN3O3/c1-24(31-14-16(29)13-28-11-5-10-26-28)19-7-4-3-6-17(19)21-18-12-15(25)8-9-20(18)27-23(30-2)22(21)24/h3-12,16,29H,13-14H2,1-2H3. The number of nitrogens with zero attached hydrogens (tertiary/aromatic N) is 3. The highest BCUT2D eigenvalue weighted by Crippen LogP contribution is 2.54. The summed E-state index contributed by atoms with van der Waals surface area (Å²) in [7, 11) is 1.63. The van der Waals surface area contributed by atoms with Crippen molar-refractivity contribution in [3.63, 3.8) is 0 Å². The van der Waals surface area contributed by atoms with Gasteiger partial charge in [-0.15, -0.1) is 0 Å². The number of hydrogen-bond acceptors (Lipinski definition) is 5. The second-order valence-electron chi connectivity index (χ2n) is 7.80. The minimum atomic E-state index is -0.814. The topological polar surface area (TPSA) is 69.4 Å². The number of rotatable bonds is 6. The molecule has 7 heteroatoms. The molecule has 6 nitrogen and oxygen atoms in total.